The van der Waals surface area contributed by atoms with Crippen molar-refractivity contribution >= 4 is 33.5 Å². The first-order valence-electron chi connectivity index (χ1n) is 4.93. The van der Waals surface area contributed by atoms with E-state index in [0.717, 1.165) is 6.33 Å². The van der Waals surface area contributed by atoms with Crippen LogP contribution in [-0.2, 0) is 0 Å². The van der Waals surface area contributed by atoms with Crippen molar-refractivity contribution in [3.05, 3.63) is 49.9 Å². The van der Waals surface area contributed by atoms with Crippen LogP contribution < -0.4 is 10.3 Å². The molecule has 2 N–H and O–H groups in total. The highest BCUT2D eigenvalue weighted by atomic mass is 79.9. The van der Waals surface area contributed by atoms with E-state index in [1.165, 1.54) is 12.1 Å². The lowest BCUT2D eigenvalue weighted by molar-refractivity contribution is 0.0694. The minimum atomic E-state index is -1.17. The molecule has 0 aliphatic carbocycles. The Hall–Kier alpha value is -1.86. The van der Waals surface area contributed by atoms with Gasteiger partial charge in [0.05, 0.1) is 6.33 Å². The van der Waals surface area contributed by atoms with Crippen LogP contribution in [0, 0.1) is 0 Å². The third kappa shape index (κ3) is 2.94. The largest absolute Gasteiger partial charge is 0.478 e. The Morgan fingerprint density at radius 1 is 1.47 bits per heavy atom. The summed E-state index contributed by atoms with van der Waals surface area (Å²) in [5, 5.41) is 8.82. The van der Waals surface area contributed by atoms with Crippen molar-refractivity contribution in [3.63, 3.8) is 0 Å². The Morgan fingerprint density at radius 2 is 2.21 bits per heavy atom. The molecule has 2 aromatic rings. The fourth-order valence-corrected chi connectivity index (χ4v) is 1.80. The Balaban J connectivity index is 2.46. The zero-order valence-electron chi connectivity index (χ0n) is 9.18. The molecule has 0 unspecified atom stereocenters. The molecule has 0 saturated heterocycles. The van der Waals surface area contributed by atoms with Gasteiger partial charge in [0.1, 0.15) is 11.3 Å². The van der Waals surface area contributed by atoms with Crippen molar-refractivity contribution in [1.29, 1.82) is 0 Å². The quantitative estimate of drug-likeness (QED) is 0.892. The van der Waals surface area contributed by atoms with Crippen LogP contribution >= 0.6 is 27.5 Å². The number of nitrogens with one attached hydrogen (secondary N) is 1. The number of rotatable bonds is 3. The number of carbonyl (C=O) groups is 1. The van der Waals surface area contributed by atoms with Crippen LogP contribution in [0.5, 0.6) is 11.6 Å². The van der Waals surface area contributed by atoms with Crippen LogP contribution in [0.3, 0.4) is 0 Å². The highest BCUT2D eigenvalue weighted by Gasteiger charge is 2.15. The first kappa shape index (κ1) is 13.6. The summed E-state index contributed by atoms with van der Waals surface area (Å²) in [6.45, 7) is 0. The molecule has 2 rings (SSSR count). The minimum absolute atomic E-state index is 0.0377. The number of hydrogen-bond donors (Lipinski definition) is 2. The van der Waals surface area contributed by atoms with Gasteiger partial charge in [-0.25, -0.2) is 9.78 Å². The molecule has 8 heteroatoms. The van der Waals surface area contributed by atoms with E-state index in [-0.39, 0.29) is 22.2 Å². The third-order valence-electron chi connectivity index (χ3n) is 2.14. The van der Waals surface area contributed by atoms with Gasteiger partial charge in [0.2, 0.25) is 5.88 Å². The van der Waals surface area contributed by atoms with Crippen molar-refractivity contribution < 1.29 is 14.6 Å². The molecular formula is C11H6BrClN2O4. The maximum Gasteiger partial charge on any atom is 0.339 e. The van der Waals surface area contributed by atoms with Gasteiger partial charge in [0.15, 0.2) is 5.02 Å². The Kier molecular flexibility index (Phi) is 3.87. The molecule has 0 saturated carbocycles. The molecule has 0 amide bonds. The van der Waals surface area contributed by atoms with Crippen molar-refractivity contribution in [1.82, 2.24) is 9.97 Å². The lowest BCUT2D eigenvalue weighted by Crippen LogP contribution is -2.09. The molecular weight excluding hydrogens is 339 g/mol. The van der Waals surface area contributed by atoms with Crippen LogP contribution in [-0.4, -0.2) is 21.0 Å². The number of aromatic carboxylic acids is 1. The maximum atomic E-state index is 11.3. The summed E-state index contributed by atoms with van der Waals surface area (Å²) in [6.07, 6.45) is 1.11. The normalized spacial score (nSPS) is 10.2. The molecule has 1 heterocycles. The van der Waals surface area contributed by atoms with Gasteiger partial charge in [-0.2, -0.15) is 0 Å². The van der Waals surface area contributed by atoms with E-state index in [2.05, 4.69) is 25.9 Å². The van der Waals surface area contributed by atoms with Crippen LogP contribution in [0.25, 0.3) is 0 Å². The molecule has 1 aromatic carbocycles. The SMILES string of the molecule is O=C(O)c1cc(Br)ccc1Oc1nc[nH]c(=O)c1Cl. The first-order valence-corrected chi connectivity index (χ1v) is 6.10. The lowest BCUT2D eigenvalue weighted by Gasteiger charge is -2.08. The van der Waals surface area contributed by atoms with Gasteiger partial charge in [-0.1, -0.05) is 27.5 Å². The second kappa shape index (κ2) is 5.41. The number of carboxylic acid groups (broad SMARTS) is 1. The van der Waals surface area contributed by atoms with Crippen LogP contribution in [0.2, 0.25) is 5.02 Å². The number of benzene rings is 1. The van der Waals surface area contributed by atoms with Crippen molar-refractivity contribution in [2.45, 2.75) is 0 Å². The summed E-state index contributed by atoms with van der Waals surface area (Å²) < 4.78 is 5.86. The molecule has 1 aromatic heterocycles. The summed E-state index contributed by atoms with van der Waals surface area (Å²) in [6, 6.07) is 4.41. The van der Waals surface area contributed by atoms with E-state index in [1.54, 1.807) is 6.07 Å². The van der Waals surface area contributed by atoms with E-state index in [9.17, 15) is 9.59 Å². The molecule has 0 aliphatic rings. The highest BCUT2D eigenvalue weighted by molar-refractivity contribution is 9.10. The third-order valence-corrected chi connectivity index (χ3v) is 2.97. The van der Waals surface area contributed by atoms with E-state index in [0.29, 0.717) is 4.47 Å². The van der Waals surface area contributed by atoms with Gasteiger partial charge in [-0.3, -0.25) is 4.79 Å². The summed E-state index contributed by atoms with van der Waals surface area (Å²) in [5.41, 5.74) is -0.645. The molecule has 19 heavy (non-hydrogen) atoms. The second-order valence-electron chi connectivity index (χ2n) is 3.40. The lowest BCUT2D eigenvalue weighted by atomic mass is 10.2. The molecule has 0 fully saturated rings. The van der Waals surface area contributed by atoms with Crippen molar-refractivity contribution in [2.24, 2.45) is 0 Å². The number of halogens is 2. The number of aromatic amines is 1. The number of carboxylic acids is 1. The minimum Gasteiger partial charge on any atom is -0.478 e. The summed E-state index contributed by atoms with van der Waals surface area (Å²) in [5.74, 6) is -1.29. The fourth-order valence-electron chi connectivity index (χ4n) is 1.30. The fraction of sp³-hybridized carbons (Fsp3) is 0. The molecule has 0 bridgehead atoms. The van der Waals surface area contributed by atoms with Crippen molar-refractivity contribution in [2.75, 3.05) is 0 Å². The van der Waals surface area contributed by atoms with E-state index in [4.69, 9.17) is 21.4 Å². The number of nitrogens with zero attached hydrogens (tertiary/aromatic N) is 1. The molecule has 0 radical (unpaired) electrons. The zero-order valence-corrected chi connectivity index (χ0v) is 11.5. The summed E-state index contributed by atoms with van der Waals surface area (Å²) >= 11 is 8.88. The highest BCUT2D eigenvalue weighted by Crippen LogP contribution is 2.29. The summed E-state index contributed by atoms with van der Waals surface area (Å²) in [4.78, 5) is 28.4. The van der Waals surface area contributed by atoms with Crippen LogP contribution in [0.15, 0.2) is 33.8 Å². The van der Waals surface area contributed by atoms with Gasteiger partial charge in [0.25, 0.3) is 5.56 Å². The smallest absolute Gasteiger partial charge is 0.339 e. The van der Waals surface area contributed by atoms with E-state index < -0.39 is 11.5 Å². The van der Waals surface area contributed by atoms with Gasteiger partial charge < -0.3 is 14.8 Å². The number of H-pyrrole nitrogens is 1. The Bertz CT molecular complexity index is 701. The van der Waals surface area contributed by atoms with Crippen LogP contribution in [0.1, 0.15) is 10.4 Å². The molecule has 0 spiro atoms. The van der Waals surface area contributed by atoms with E-state index in [1.807, 2.05) is 0 Å². The topological polar surface area (TPSA) is 92.3 Å². The molecule has 6 nitrogen and oxygen atoms in total. The maximum absolute atomic E-state index is 11.3. The number of aromatic nitrogens is 2. The van der Waals surface area contributed by atoms with Crippen molar-refractivity contribution in [3.8, 4) is 11.6 Å². The first-order chi connectivity index (χ1) is 8.99. The molecule has 98 valence electrons. The average Bonchev–Trinajstić information content (AvgIpc) is 2.36. The monoisotopic (exact) mass is 344 g/mol. The zero-order chi connectivity index (χ0) is 14.0. The Labute approximate surface area is 120 Å². The second-order valence-corrected chi connectivity index (χ2v) is 4.69. The number of ether oxygens (including phenoxy) is 1. The molecule has 0 atom stereocenters. The number of hydrogen-bond acceptors (Lipinski definition) is 4. The average molecular weight is 346 g/mol. The van der Waals surface area contributed by atoms with E-state index >= 15 is 0 Å². The van der Waals surface area contributed by atoms with Gasteiger partial charge >= 0.3 is 5.97 Å². The Morgan fingerprint density at radius 3 is 2.89 bits per heavy atom. The standard InChI is InChI=1S/C11H6BrClN2O4/c12-5-1-2-7(6(3-5)11(17)18)19-10-8(13)9(16)14-4-15-10/h1-4H,(H,17,18)(H,14,15,16). The van der Waals surface area contributed by atoms with Gasteiger partial charge in [-0.05, 0) is 18.2 Å². The molecule has 0 aliphatic heterocycles. The van der Waals surface area contributed by atoms with Gasteiger partial charge in [0, 0.05) is 4.47 Å². The summed E-state index contributed by atoms with van der Waals surface area (Å²) in [7, 11) is 0. The van der Waals surface area contributed by atoms with Gasteiger partial charge in [-0.15, -0.1) is 0 Å². The van der Waals surface area contributed by atoms with Crippen LogP contribution in [0.4, 0.5) is 0 Å². The predicted molar refractivity (Wildman–Crippen MR) is 71.0 cm³/mol. The predicted octanol–water partition coefficient (Wildman–Crippen LogP) is 2.68.